The first kappa shape index (κ1) is 16.0. The molecule has 2 rings (SSSR count). The summed E-state index contributed by atoms with van der Waals surface area (Å²) in [5, 5.41) is 22.1. The van der Waals surface area contributed by atoms with Crippen LogP contribution in [0.4, 0.5) is 9.18 Å². The monoisotopic (exact) mass is 316 g/mol. The van der Waals surface area contributed by atoms with Gasteiger partial charge in [-0.2, -0.15) is 0 Å². The van der Waals surface area contributed by atoms with Crippen molar-refractivity contribution in [1.82, 2.24) is 10.2 Å². The lowest BCUT2D eigenvalue weighted by Crippen LogP contribution is -2.46. The Morgan fingerprint density at radius 3 is 2.90 bits per heavy atom. The first-order valence-electron chi connectivity index (χ1n) is 6.75. The van der Waals surface area contributed by atoms with Crippen LogP contribution in [0.2, 0.25) is 5.02 Å². The number of likely N-dealkylation sites (tertiary alicyclic amines) is 1. The lowest BCUT2D eigenvalue weighted by atomic mass is 10.0. The fourth-order valence-electron chi connectivity index (χ4n) is 2.54. The number of halogens is 2. The maximum Gasteiger partial charge on any atom is 0.405 e. The SMILES string of the molecule is O=C(O)N[C@H](CN1CCC(F)C1)[C@H](O)c1cccc(Cl)c1. The van der Waals surface area contributed by atoms with Crippen LogP contribution in [0.3, 0.4) is 0 Å². The van der Waals surface area contributed by atoms with Crippen LogP contribution in [0.25, 0.3) is 0 Å². The molecule has 0 spiro atoms. The molecule has 3 N–H and O–H groups in total. The molecular formula is C14H18ClFN2O3. The molecule has 1 saturated heterocycles. The number of carbonyl (C=O) groups is 1. The Hall–Kier alpha value is -1.37. The van der Waals surface area contributed by atoms with Gasteiger partial charge in [-0.15, -0.1) is 0 Å². The second kappa shape index (κ2) is 7.06. The van der Waals surface area contributed by atoms with E-state index in [9.17, 15) is 14.3 Å². The standard InChI is InChI=1S/C14H18ClFN2O3/c15-10-3-1-2-9(6-10)13(19)12(17-14(20)21)8-18-5-4-11(16)7-18/h1-3,6,11-13,17,19H,4-5,7-8H2,(H,20,21)/t11?,12-,13-/m1/s1. The molecule has 7 heteroatoms. The number of hydrogen-bond donors (Lipinski definition) is 3. The number of amides is 1. The normalized spacial score (nSPS) is 22.0. The molecule has 1 aromatic carbocycles. The van der Waals surface area contributed by atoms with Gasteiger partial charge >= 0.3 is 6.09 Å². The van der Waals surface area contributed by atoms with Crippen molar-refractivity contribution >= 4 is 17.7 Å². The van der Waals surface area contributed by atoms with Crippen LogP contribution < -0.4 is 5.32 Å². The molecule has 0 bridgehead atoms. The van der Waals surface area contributed by atoms with Crippen molar-refractivity contribution in [3.05, 3.63) is 34.9 Å². The molecule has 0 aromatic heterocycles. The molecule has 0 radical (unpaired) electrons. The summed E-state index contributed by atoms with van der Waals surface area (Å²) >= 11 is 5.88. The van der Waals surface area contributed by atoms with Crippen LogP contribution in [0.1, 0.15) is 18.1 Å². The van der Waals surface area contributed by atoms with Gasteiger partial charge in [0.1, 0.15) is 12.3 Å². The summed E-state index contributed by atoms with van der Waals surface area (Å²) in [4.78, 5) is 12.7. The van der Waals surface area contributed by atoms with Crippen molar-refractivity contribution in [1.29, 1.82) is 0 Å². The van der Waals surface area contributed by atoms with Crippen LogP contribution in [0.5, 0.6) is 0 Å². The number of nitrogens with one attached hydrogen (secondary N) is 1. The number of alkyl halides is 1. The minimum atomic E-state index is -1.22. The zero-order valence-electron chi connectivity index (χ0n) is 11.4. The number of rotatable bonds is 5. The maximum atomic E-state index is 13.2. The molecule has 1 heterocycles. The number of benzene rings is 1. The number of carboxylic acid groups (broad SMARTS) is 1. The largest absolute Gasteiger partial charge is 0.465 e. The van der Waals surface area contributed by atoms with Gasteiger partial charge in [0.15, 0.2) is 0 Å². The van der Waals surface area contributed by atoms with Gasteiger partial charge in [-0.3, -0.25) is 4.90 Å². The minimum absolute atomic E-state index is 0.250. The summed E-state index contributed by atoms with van der Waals surface area (Å²) in [5.74, 6) is 0. The average Bonchev–Trinajstić information content (AvgIpc) is 2.82. The van der Waals surface area contributed by atoms with Gasteiger partial charge in [-0.05, 0) is 24.1 Å². The van der Waals surface area contributed by atoms with Gasteiger partial charge in [0.05, 0.1) is 6.04 Å². The Balaban J connectivity index is 2.09. The van der Waals surface area contributed by atoms with Crippen molar-refractivity contribution in [2.24, 2.45) is 0 Å². The second-order valence-corrected chi connectivity index (χ2v) is 5.64. The molecule has 1 fully saturated rings. The Labute approximate surface area is 127 Å². The summed E-state index contributed by atoms with van der Waals surface area (Å²) in [6.45, 7) is 1.07. The van der Waals surface area contributed by atoms with Crippen molar-refractivity contribution in [2.45, 2.75) is 24.7 Å². The quantitative estimate of drug-likeness (QED) is 0.777. The van der Waals surface area contributed by atoms with Crippen molar-refractivity contribution in [3.63, 3.8) is 0 Å². The molecule has 0 aliphatic carbocycles. The molecule has 1 amide bonds. The van der Waals surface area contributed by atoms with E-state index in [-0.39, 0.29) is 13.1 Å². The van der Waals surface area contributed by atoms with Crippen LogP contribution in [-0.4, -0.2) is 53.1 Å². The number of hydrogen-bond acceptors (Lipinski definition) is 3. The fourth-order valence-corrected chi connectivity index (χ4v) is 2.73. The van der Waals surface area contributed by atoms with Gasteiger partial charge < -0.3 is 15.5 Å². The molecule has 1 aliphatic rings. The predicted octanol–water partition coefficient (Wildman–Crippen LogP) is 2.05. The molecule has 1 aromatic rings. The Morgan fingerprint density at radius 1 is 1.57 bits per heavy atom. The van der Waals surface area contributed by atoms with Crippen molar-refractivity contribution in [3.8, 4) is 0 Å². The first-order chi connectivity index (χ1) is 9.95. The summed E-state index contributed by atoms with van der Waals surface area (Å²) < 4.78 is 13.2. The van der Waals surface area contributed by atoms with Gasteiger partial charge in [0.2, 0.25) is 0 Å². The molecule has 1 aliphatic heterocycles. The van der Waals surface area contributed by atoms with Crippen LogP contribution in [-0.2, 0) is 0 Å². The third kappa shape index (κ3) is 4.56. The van der Waals surface area contributed by atoms with E-state index in [2.05, 4.69) is 5.32 Å². The summed E-state index contributed by atoms with van der Waals surface area (Å²) in [6, 6.07) is 5.88. The Morgan fingerprint density at radius 2 is 2.33 bits per heavy atom. The van der Waals surface area contributed by atoms with Gasteiger partial charge in [0, 0.05) is 24.7 Å². The summed E-state index contributed by atoms with van der Waals surface area (Å²) in [6.07, 6.45) is -2.72. The zero-order chi connectivity index (χ0) is 15.4. The molecule has 116 valence electrons. The Bertz CT molecular complexity index is 503. The van der Waals surface area contributed by atoms with Crippen LogP contribution in [0.15, 0.2) is 24.3 Å². The number of aliphatic hydroxyl groups excluding tert-OH is 1. The molecular weight excluding hydrogens is 299 g/mol. The van der Waals surface area contributed by atoms with E-state index < -0.39 is 24.4 Å². The van der Waals surface area contributed by atoms with E-state index in [4.69, 9.17) is 16.7 Å². The molecule has 1 unspecified atom stereocenters. The molecule has 3 atom stereocenters. The zero-order valence-corrected chi connectivity index (χ0v) is 12.1. The fraction of sp³-hybridized carbons (Fsp3) is 0.500. The third-order valence-corrected chi connectivity index (χ3v) is 3.79. The Kier molecular flexibility index (Phi) is 5.39. The van der Waals surface area contributed by atoms with Gasteiger partial charge in [-0.1, -0.05) is 23.7 Å². The highest BCUT2D eigenvalue weighted by molar-refractivity contribution is 6.30. The summed E-state index contributed by atoms with van der Waals surface area (Å²) in [7, 11) is 0. The average molecular weight is 317 g/mol. The minimum Gasteiger partial charge on any atom is -0.465 e. The highest BCUT2D eigenvalue weighted by atomic mass is 35.5. The van der Waals surface area contributed by atoms with Crippen molar-refractivity contribution < 1.29 is 19.4 Å². The predicted molar refractivity (Wildman–Crippen MR) is 77.3 cm³/mol. The van der Waals surface area contributed by atoms with Crippen molar-refractivity contribution in [2.75, 3.05) is 19.6 Å². The second-order valence-electron chi connectivity index (χ2n) is 5.20. The van der Waals surface area contributed by atoms with Crippen LogP contribution >= 0.6 is 11.6 Å². The van der Waals surface area contributed by atoms with Gasteiger partial charge in [0.25, 0.3) is 0 Å². The van der Waals surface area contributed by atoms with Gasteiger partial charge in [-0.25, -0.2) is 9.18 Å². The maximum absolute atomic E-state index is 13.2. The van der Waals surface area contributed by atoms with E-state index in [0.29, 0.717) is 23.6 Å². The topological polar surface area (TPSA) is 72.8 Å². The van der Waals surface area contributed by atoms with E-state index in [1.54, 1.807) is 29.2 Å². The number of nitrogens with zero attached hydrogens (tertiary/aromatic N) is 1. The lowest BCUT2D eigenvalue weighted by molar-refractivity contribution is 0.100. The smallest absolute Gasteiger partial charge is 0.405 e. The van der Waals surface area contributed by atoms with E-state index in [1.165, 1.54) is 0 Å². The molecule has 5 nitrogen and oxygen atoms in total. The molecule has 21 heavy (non-hydrogen) atoms. The summed E-state index contributed by atoms with van der Waals surface area (Å²) in [5.41, 5.74) is 0.525. The van der Waals surface area contributed by atoms with E-state index in [0.717, 1.165) is 0 Å². The van der Waals surface area contributed by atoms with E-state index >= 15 is 0 Å². The number of aliphatic hydroxyl groups is 1. The highest BCUT2D eigenvalue weighted by Gasteiger charge is 2.29. The first-order valence-corrected chi connectivity index (χ1v) is 7.13. The molecule has 0 saturated carbocycles. The van der Waals surface area contributed by atoms with Crippen LogP contribution in [0, 0.1) is 0 Å². The highest BCUT2D eigenvalue weighted by Crippen LogP contribution is 2.22. The van der Waals surface area contributed by atoms with E-state index in [1.807, 2.05) is 0 Å². The lowest BCUT2D eigenvalue weighted by Gasteiger charge is -2.27. The third-order valence-electron chi connectivity index (χ3n) is 3.55.